The highest BCUT2D eigenvalue weighted by Crippen LogP contribution is 2.32. The fraction of sp³-hybridized carbons (Fsp3) is 0.435. The molecule has 2 aliphatic rings. The number of benzene rings is 1. The molecule has 3 heterocycles. The molecule has 0 bridgehead atoms. The normalized spacial score (nSPS) is 18.0. The standard InChI is InChI=1S/C23H27N5O6/c1-3-34-22(32)13-8-10-28(11-9-13)23-26-19-18(21(31)27-23)14(12-17(29)25-19)20(30)24-15-6-4-5-7-16(15)33-2/h4-7,13-14H,3,8-12H2,1-2H3,(H,24,30)(H2,25,26,27,29,31). The molecule has 0 aliphatic carbocycles. The minimum absolute atomic E-state index is 0.0719. The van der Waals surface area contributed by atoms with Crippen molar-refractivity contribution in [3.05, 3.63) is 40.2 Å². The Hall–Kier alpha value is -3.89. The number of methoxy groups -OCH3 is 1. The number of hydrogen-bond donors (Lipinski definition) is 3. The maximum Gasteiger partial charge on any atom is 0.309 e. The summed E-state index contributed by atoms with van der Waals surface area (Å²) in [5.41, 5.74) is 0.0536. The fourth-order valence-corrected chi connectivity index (χ4v) is 4.29. The Morgan fingerprint density at radius 1 is 1.21 bits per heavy atom. The largest absolute Gasteiger partial charge is 0.495 e. The van der Waals surface area contributed by atoms with Gasteiger partial charge in [0, 0.05) is 19.5 Å². The molecule has 1 aromatic heterocycles. The van der Waals surface area contributed by atoms with E-state index in [-0.39, 0.29) is 35.6 Å². The zero-order valence-corrected chi connectivity index (χ0v) is 19.1. The summed E-state index contributed by atoms with van der Waals surface area (Å²) in [5.74, 6) is -1.50. The van der Waals surface area contributed by atoms with Gasteiger partial charge in [0.1, 0.15) is 11.6 Å². The number of H-pyrrole nitrogens is 1. The van der Waals surface area contributed by atoms with Crippen LogP contribution in [0.5, 0.6) is 5.75 Å². The lowest BCUT2D eigenvalue weighted by Crippen LogP contribution is -2.41. The van der Waals surface area contributed by atoms with Gasteiger partial charge in [0.05, 0.1) is 36.8 Å². The second kappa shape index (κ2) is 9.94. The van der Waals surface area contributed by atoms with E-state index in [2.05, 4.69) is 20.6 Å². The third kappa shape index (κ3) is 4.73. The number of aromatic amines is 1. The number of hydrogen-bond acceptors (Lipinski definition) is 8. The molecule has 1 unspecified atom stereocenters. The Morgan fingerprint density at radius 3 is 2.65 bits per heavy atom. The van der Waals surface area contributed by atoms with Gasteiger partial charge in [-0.15, -0.1) is 0 Å². The molecule has 0 saturated carbocycles. The van der Waals surface area contributed by atoms with E-state index in [0.29, 0.717) is 44.0 Å². The van der Waals surface area contributed by atoms with E-state index in [0.717, 1.165) is 0 Å². The van der Waals surface area contributed by atoms with Crippen molar-refractivity contribution in [1.82, 2.24) is 9.97 Å². The lowest BCUT2D eigenvalue weighted by Gasteiger charge is -2.32. The zero-order valence-electron chi connectivity index (χ0n) is 19.1. The molecule has 180 valence electrons. The van der Waals surface area contributed by atoms with Crippen molar-refractivity contribution in [2.45, 2.75) is 32.1 Å². The first-order chi connectivity index (χ1) is 16.4. The van der Waals surface area contributed by atoms with Gasteiger partial charge in [0.2, 0.25) is 17.8 Å². The molecule has 0 radical (unpaired) electrons. The highest BCUT2D eigenvalue weighted by atomic mass is 16.5. The van der Waals surface area contributed by atoms with Gasteiger partial charge < -0.3 is 25.0 Å². The number of nitrogens with one attached hydrogen (secondary N) is 3. The van der Waals surface area contributed by atoms with Crippen LogP contribution >= 0.6 is 0 Å². The smallest absolute Gasteiger partial charge is 0.309 e. The monoisotopic (exact) mass is 469 g/mol. The molecule has 34 heavy (non-hydrogen) atoms. The van der Waals surface area contributed by atoms with Gasteiger partial charge in [-0.3, -0.25) is 24.2 Å². The average Bonchev–Trinajstić information content (AvgIpc) is 2.83. The van der Waals surface area contributed by atoms with Gasteiger partial charge in [-0.25, -0.2) is 0 Å². The van der Waals surface area contributed by atoms with Crippen LogP contribution in [0.4, 0.5) is 17.5 Å². The molecular formula is C23H27N5O6. The maximum absolute atomic E-state index is 13.1. The van der Waals surface area contributed by atoms with Crippen LogP contribution in [0.25, 0.3) is 0 Å². The van der Waals surface area contributed by atoms with Crippen molar-refractivity contribution in [2.75, 3.05) is 42.3 Å². The van der Waals surface area contributed by atoms with Gasteiger partial charge in [-0.2, -0.15) is 4.98 Å². The number of fused-ring (bicyclic) bond motifs is 1. The Morgan fingerprint density at radius 2 is 1.94 bits per heavy atom. The minimum atomic E-state index is -1.01. The van der Waals surface area contributed by atoms with E-state index in [4.69, 9.17) is 9.47 Å². The number of nitrogens with zero attached hydrogens (tertiary/aromatic N) is 2. The van der Waals surface area contributed by atoms with Crippen LogP contribution in [0.1, 0.15) is 37.7 Å². The van der Waals surface area contributed by atoms with Crippen LogP contribution < -0.4 is 25.8 Å². The first-order valence-electron chi connectivity index (χ1n) is 11.2. The van der Waals surface area contributed by atoms with E-state index < -0.39 is 23.3 Å². The van der Waals surface area contributed by atoms with E-state index in [1.54, 1.807) is 31.2 Å². The summed E-state index contributed by atoms with van der Waals surface area (Å²) in [6, 6.07) is 6.88. The molecule has 11 nitrogen and oxygen atoms in total. The molecule has 3 N–H and O–H groups in total. The second-order valence-electron chi connectivity index (χ2n) is 8.16. The van der Waals surface area contributed by atoms with Crippen LogP contribution in [-0.2, 0) is 19.1 Å². The minimum Gasteiger partial charge on any atom is -0.495 e. The first kappa shape index (κ1) is 23.3. The summed E-state index contributed by atoms with van der Waals surface area (Å²) in [5, 5.41) is 5.36. The molecule has 1 saturated heterocycles. The number of piperidine rings is 1. The van der Waals surface area contributed by atoms with Crippen LogP contribution in [0.15, 0.2) is 29.1 Å². The Labute approximate surface area is 195 Å². The lowest BCUT2D eigenvalue weighted by atomic mass is 9.92. The topological polar surface area (TPSA) is 143 Å². The fourth-order valence-electron chi connectivity index (χ4n) is 4.29. The lowest BCUT2D eigenvalue weighted by molar-refractivity contribution is -0.148. The third-order valence-corrected chi connectivity index (χ3v) is 6.03. The third-order valence-electron chi connectivity index (χ3n) is 6.03. The number of carbonyl (C=O) groups is 3. The molecule has 1 atom stereocenters. The van der Waals surface area contributed by atoms with Gasteiger partial charge in [-0.1, -0.05) is 12.1 Å². The molecule has 2 aromatic rings. The number of ether oxygens (including phenoxy) is 2. The predicted octanol–water partition coefficient (Wildman–Crippen LogP) is 1.62. The van der Waals surface area contributed by atoms with Gasteiger partial charge in [0.25, 0.3) is 5.56 Å². The Balaban J connectivity index is 1.55. The number of aromatic nitrogens is 2. The van der Waals surface area contributed by atoms with Crippen LogP contribution in [0, 0.1) is 5.92 Å². The predicted molar refractivity (Wildman–Crippen MR) is 124 cm³/mol. The summed E-state index contributed by atoms with van der Waals surface area (Å²) in [7, 11) is 1.49. The maximum atomic E-state index is 13.1. The van der Waals surface area contributed by atoms with Gasteiger partial charge in [-0.05, 0) is 31.9 Å². The number of esters is 1. The van der Waals surface area contributed by atoms with Crippen molar-refractivity contribution in [3.8, 4) is 5.75 Å². The Bertz CT molecular complexity index is 1150. The highest BCUT2D eigenvalue weighted by Gasteiger charge is 2.36. The van der Waals surface area contributed by atoms with Crippen molar-refractivity contribution in [3.63, 3.8) is 0 Å². The number of rotatable bonds is 6. The average molecular weight is 469 g/mol. The molecule has 4 rings (SSSR count). The molecule has 1 fully saturated rings. The summed E-state index contributed by atoms with van der Waals surface area (Å²) in [4.78, 5) is 59.5. The summed E-state index contributed by atoms with van der Waals surface area (Å²) < 4.78 is 10.4. The SMILES string of the molecule is CCOC(=O)C1CCN(c2nc3c(c(=O)[nH]2)C(C(=O)Nc2ccccc2OC)CC(=O)N3)CC1. The van der Waals surface area contributed by atoms with Crippen molar-refractivity contribution in [1.29, 1.82) is 0 Å². The summed E-state index contributed by atoms with van der Waals surface area (Å²) >= 11 is 0. The molecule has 2 aliphatic heterocycles. The number of amides is 2. The summed E-state index contributed by atoms with van der Waals surface area (Å²) in [6.45, 7) is 3.10. The second-order valence-corrected chi connectivity index (χ2v) is 8.16. The van der Waals surface area contributed by atoms with E-state index >= 15 is 0 Å². The Kier molecular flexibility index (Phi) is 6.80. The molecule has 1 aromatic carbocycles. The van der Waals surface area contributed by atoms with E-state index in [9.17, 15) is 19.2 Å². The van der Waals surface area contributed by atoms with Crippen molar-refractivity contribution >= 4 is 35.2 Å². The molecule has 0 spiro atoms. The van der Waals surface area contributed by atoms with E-state index in [1.807, 2.05) is 4.90 Å². The molecule has 11 heteroatoms. The highest BCUT2D eigenvalue weighted by molar-refractivity contribution is 6.05. The van der Waals surface area contributed by atoms with Crippen molar-refractivity contribution < 1.29 is 23.9 Å². The van der Waals surface area contributed by atoms with Crippen LogP contribution in [-0.4, -0.2) is 54.6 Å². The number of carbonyl (C=O) groups excluding carboxylic acids is 3. The van der Waals surface area contributed by atoms with Gasteiger partial charge in [0.15, 0.2) is 0 Å². The quantitative estimate of drug-likeness (QED) is 0.542. The molecular weight excluding hydrogens is 442 g/mol. The van der Waals surface area contributed by atoms with E-state index in [1.165, 1.54) is 7.11 Å². The molecule has 2 amide bonds. The van der Waals surface area contributed by atoms with Crippen LogP contribution in [0.3, 0.4) is 0 Å². The van der Waals surface area contributed by atoms with Crippen LogP contribution in [0.2, 0.25) is 0 Å². The number of para-hydroxylation sites is 2. The van der Waals surface area contributed by atoms with Gasteiger partial charge >= 0.3 is 5.97 Å². The summed E-state index contributed by atoms with van der Waals surface area (Å²) in [6.07, 6.45) is 0.953. The zero-order chi connectivity index (χ0) is 24.2. The van der Waals surface area contributed by atoms with Crippen molar-refractivity contribution in [2.24, 2.45) is 5.92 Å². The first-order valence-corrected chi connectivity index (χ1v) is 11.2. The number of anilines is 3.